The second-order valence-corrected chi connectivity index (χ2v) is 8.23. The summed E-state index contributed by atoms with van der Waals surface area (Å²) < 4.78 is 38.0. The summed E-state index contributed by atoms with van der Waals surface area (Å²) in [5.41, 5.74) is 1.75. The first-order valence-corrected chi connectivity index (χ1v) is 11.1. The van der Waals surface area contributed by atoms with E-state index in [1.54, 1.807) is 36.5 Å². The van der Waals surface area contributed by atoms with Gasteiger partial charge in [0.05, 0.1) is 5.56 Å². The van der Waals surface area contributed by atoms with Gasteiger partial charge in [-0.1, -0.05) is 0 Å². The number of H-pyrrole nitrogens is 1. The van der Waals surface area contributed by atoms with Gasteiger partial charge in [-0.25, -0.2) is 9.78 Å². The van der Waals surface area contributed by atoms with Crippen LogP contribution in [0.15, 0.2) is 66.9 Å². The zero-order valence-electron chi connectivity index (χ0n) is 18.7. The van der Waals surface area contributed by atoms with Crippen LogP contribution in [0, 0.1) is 0 Å². The number of hydrogen-bond acceptors (Lipinski definition) is 6. The topological polar surface area (TPSA) is 120 Å². The van der Waals surface area contributed by atoms with E-state index < -0.39 is 17.8 Å². The summed E-state index contributed by atoms with van der Waals surface area (Å²) in [7, 11) is 0. The molecule has 0 unspecified atom stereocenters. The van der Waals surface area contributed by atoms with Crippen molar-refractivity contribution in [3.8, 4) is 0 Å². The van der Waals surface area contributed by atoms with Gasteiger partial charge in [0.25, 0.3) is 0 Å². The smallest absolute Gasteiger partial charge is 0.324 e. The van der Waals surface area contributed by atoms with Gasteiger partial charge in [-0.2, -0.15) is 23.3 Å². The molecule has 1 aliphatic carbocycles. The van der Waals surface area contributed by atoms with Crippen molar-refractivity contribution in [1.82, 2.24) is 20.2 Å². The average Bonchev–Trinajstić information content (AvgIpc) is 3.59. The number of anilines is 6. The van der Waals surface area contributed by atoms with Crippen LogP contribution in [0.25, 0.3) is 0 Å². The van der Waals surface area contributed by atoms with Crippen LogP contribution in [0.4, 0.5) is 52.6 Å². The lowest BCUT2D eigenvalue weighted by Gasteiger charge is -2.11. The maximum absolute atomic E-state index is 12.7. The predicted molar refractivity (Wildman–Crippen MR) is 130 cm³/mol. The van der Waals surface area contributed by atoms with Gasteiger partial charge in [-0.3, -0.25) is 5.10 Å². The average molecular weight is 494 g/mol. The first kappa shape index (κ1) is 23.1. The molecule has 1 fully saturated rings. The number of hydrogen-bond donors (Lipinski definition) is 5. The van der Waals surface area contributed by atoms with Gasteiger partial charge in [-0.15, -0.1) is 0 Å². The number of urea groups is 1. The zero-order chi connectivity index (χ0) is 25.1. The predicted octanol–water partition coefficient (Wildman–Crippen LogP) is 6.23. The summed E-state index contributed by atoms with van der Waals surface area (Å²) in [6, 6.07) is 14.1. The highest BCUT2D eigenvalue weighted by Gasteiger charge is 2.30. The van der Waals surface area contributed by atoms with Crippen molar-refractivity contribution in [2.75, 3.05) is 21.3 Å². The molecule has 5 rings (SSSR count). The molecule has 0 radical (unpaired) electrons. The Morgan fingerprint density at radius 1 is 0.861 bits per heavy atom. The largest absolute Gasteiger partial charge is 0.416 e. The van der Waals surface area contributed by atoms with E-state index in [0.29, 0.717) is 34.9 Å². The molecule has 36 heavy (non-hydrogen) atoms. The van der Waals surface area contributed by atoms with Crippen molar-refractivity contribution in [3.05, 3.63) is 78.1 Å². The van der Waals surface area contributed by atoms with Crippen molar-refractivity contribution >= 4 is 40.7 Å². The minimum absolute atomic E-state index is 0.239. The van der Waals surface area contributed by atoms with E-state index in [0.717, 1.165) is 17.8 Å². The van der Waals surface area contributed by atoms with Crippen LogP contribution in [0.2, 0.25) is 0 Å². The first-order chi connectivity index (χ1) is 17.3. The number of carbonyl (C=O) groups is 1. The second kappa shape index (κ2) is 9.56. The molecule has 4 aromatic rings. The van der Waals surface area contributed by atoms with E-state index in [4.69, 9.17) is 0 Å². The lowest BCUT2D eigenvalue weighted by molar-refractivity contribution is -0.137. The molecule has 0 aliphatic heterocycles. The number of nitrogens with zero attached hydrogens (tertiary/aromatic N) is 3. The van der Waals surface area contributed by atoms with Gasteiger partial charge in [0.1, 0.15) is 5.82 Å². The minimum atomic E-state index is -4.43. The van der Waals surface area contributed by atoms with E-state index >= 15 is 0 Å². The van der Waals surface area contributed by atoms with Crippen LogP contribution in [0.1, 0.15) is 30.0 Å². The molecule has 2 amide bonds. The number of amides is 2. The van der Waals surface area contributed by atoms with E-state index in [1.807, 2.05) is 6.07 Å². The van der Waals surface area contributed by atoms with Crippen molar-refractivity contribution in [3.63, 3.8) is 0 Å². The molecule has 1 saturated carbocycles. The monoisotopic (exact) mass is 494 g/mol. The molecule has 0 bridgehead atoms. The van der Waals surface area contributed by atoms with Crippen LogP contribution in [-0.4, -0.2) is 26.2 Å². The molecule has 2 aromatic heterocycles. The van der Waals surface area contributed by atoms with Gasteiger partial charge in [0, 0.05) is 40.9 Å². The number of alkyl halides is 3. The highest BCUT2D eigenvalue weighted by Crippen LogP contribution is 2.39. The maximum atomic E-state index is 12.7. The summed E-state index contributed by atoms with van der Waals surface area (Å²) >= 11 is 0. The standard InChI is InChI=1S/C24H21F3N8O/c25-24(26,27)15-3-5-17(6-4-15)30-23(36)31-18-9-7-16(8-10-18)29-22-28-12-11-20(33-22)32-21-13-19(34-35-21)14-1-2-14/h3-14H,1-2H2,(H2,30,31,36)(H3,28,29,32,33,34,35). The number of rotatable bonds is 7. The van der Waals surface area contributed by atoms with Gasteiger partial charge >= 0.3 is 12.2 Å². The van der Waals surface area contributed by atoms with Gasteiger partial charge < -0.3 is 21.3 Å². The number of aromatic nitrogens is 4. The highest BCUT2D eigenvalue weighted by molar-refractivity contribution is 5.99. The third-order valence-corrected chi connectivity index (χ3v) is 5.40. The quantitative estimate of drug-likeness (QED) is 0.208. The number of halogens is 3. The molecule has 1 aliphatic rings. The maximum Gasteiger partial charge on any atom is 0.416 e. The first-order valence-electron chi connectivity index (χ1n) is 11.1. The second-order valence-electron chi connectivity index (χ2n) is 8.23. The van der Waals surface area contributed by atoms with Gasteiger partial charge in [0.15, 0.2) is 5.82 Å². The normalized spacial score (nSPS) is 13.2. The van der Waals surface area contributed by atoms with Crippen LogP contribution in [0.3, 0.4) is 0 Å². The molecular weight excluding hydrogens is 473 g/mol. The van der Waals surface area contributed by atoms with Crippen LogP contribution < -0.4 is 21.3 Å². The SMILES string of the molecule is O=C(Nc1ccc(Nc2nccc(Nc3cc(C4CC4)[nH]n3)n2)cc1)Nc1ccc(C(F)(F)F)cc1. The Morgan fingerprint density at radius 2 is 1.50 bits per heavy atom. The molecule has 12 heteroatoms. The molecule has 9 nitrogen and oxygen atoms in total. The van der Waals surface area contributed by atoms with Crippen LogP contribution in [0.5, 0.6) is 0 Å². The lowest BCUT2D eigenvalue weighted by Crippen LogP contribution is -2.19. The fourth-order valence-electron chi connectivity index (χ4n) is 3.43. The van der Waals surface area contributed by atoms with Crippen molar-refractivity contribution in [1.29, 1.82) is 0 Å². The van der Waals surface area contributed by atoms with E-state index in [2.05, 4.69) is 41.4 Å². The Hall–Kier alpha value is -4.61. The molecule has 2 aromatic carbocycles. The van der Waals surface area contributed by atoms with Crippen molar-refractivity contribution in [2.45, 2.75) is 24.9 Å². The summed E-state index contributed by atoms with van der Waals surface area (Å²) in [5, 5.41) is 18.7. The Bertz CT molecular complexity index is 1350. The number of carbonyl (C=O) groups excluding carboxylic acids is 1. The third-order valence-electron chi connectivity index (χ3n) is 5.40. The number of benzene rings is 2. The van der Waals surface area contributed by atoms with Crippen LogP contribution >= 0.6 is 0 Å². The fraction of sp³-hybridized carbons (Fsp3) is 0.167. The summed E-state index contributed by atoms with van der Waals surface area (Å²) in [6.45, 7) is 0. The van der Waals surface area contributed by atoms with Gasteiger partial charge in [0.2, 0.25) is 5.95 Å². The Morgan fingerprint density at radius 3 is 2.14 bits per heavy atom. The Labute approximate surface area is 203 Å². The Balaban J connectivity index is 1.15. The number of aromatic amines is 1. The molecule has 2 heterocycles. The molecular formula is C24H21F3N8O. The van der Waals surface area contributed by atoms with E-state index in [9.17, 15) is 18.0 Å². The van der Waals surface area contributed by atoms with Crippen molar-refractivity contribution < 1.29 is 18.0 Å². The summed E-state index contributed by atoms with van der Waals surface area (Å²) in [6.07, 6.45) is -0.449. The molecule has 5 N–H and O–H groups in total. The van der Waals surface area contributed by atoms with E-state index in [1.165, 1.54) is 25.0 Å². The Kier molecular flexibility index (Phi) is 6.15. The van der Waals surface area contributed by atoms with Crippen LogP contribution in [-0.2, 0) is 6.18 Å². The van der Waals surface area contributed by atoms with E-state index in [-0.39, 0.29) is 5.69 Å². The molecule has 0 atom stereocenters. The summed E-state index contributed by atoms with van der Waals surface area (Å²) in [5.74, 6) is 2.22. The number of nitrogens with one attached hydrogen (secondary N) is 5. The fourth-order valence-corrected chi connectivity index (χ4v) is 3.43. The lowest BCUT2D eigenvalue weighted by atomic mass is 10.2. The molecule has 184 valence electrons. The highest BCUT2D eigenvalue weighted by atomic mass is 19.4. The molecule has 0 saturated heterocycles. The van der Waals surface area contributed by atoms with Gasteiger partial charge in [-0.05, 0) is 67.4 Å². The zero-order valence-corrected chi connectivity index (χ0v) is 18.7. The third kappa shape index (κ3) is 5.90. The minimum Gasteiger partial charge on any atom is -0.324 e. The van der Waals surface area contributed by atoms with Crippen molar-refractivity contribution in [2.24, 2.45) is 0 Å². The molecule has 0 spiro atoms. The summed E-state index contributed by atoms with van der Waals surface area (Å²) in [4.78, 5) is 20.8.